The van der Waals surface area contributed by atoms with Gasteiger partial charge in [0.1, 0.15) is 0 Å². The van der Waals surface area contributed by atoms with E-state index in [1.54, 1.807) is 0 Å². The van der Waals surface area contributed by atoms with Crippen molar-refractivity contribution in [3.05, 3.63) is 0 Å². The number of hydrogen-bond acceptors (Lipinski definition) is 2. The molecule has 0 spiro atoms. The van der Waals surface area contributed by atoms with Crippen molar-refractivity contribution in [1.82, 2.24) is 5.32 Å². The maximum atomic E-state index is 6.01. The van der Waals surface area contributed by atoms with Crippen LogP contribution in [0.1, 0.15) is 59.8 Å². The number of nitrogens with one attached hydrogen (secondary N) is 1. The maximum Gasteiger partial charge on any atom is 0.0733 e. The average molecular weight is 227 g/mol. The second-order valence-corrected chi connectivity index (χ2v) is 5.72. The quantitative estimate of drug-likeness (QED) is 0.751. The van der Waals surface area contributed by atoms with Gasteiger partial charge >= 0.3 is 0 Å². The van der Waals surface area contributed by atoms with E-state index in [9.17, 15) is 0 Å². The van der Waals surface area contributed by atoms with Crippen molar-refractivity contribution in [2.75, 3.05) is 13.2 Å². The molecular weight excluding hydrogens is 198 g/mol. The average Bonchev–Trinajstić information content (AvgIpc) is 2.24. The Morgan fingerprint density at radius 2 is 2.00 bits per heavy atom. The topological polar surface area (TPSA) is 21.3 Å². The summed E-state index contributed by atoms with van der Waals surface area (Å²) in [6, 6.07) is 0.535. The van der Waals surface area contributed by atoms with Crippen molar-refractivity contribution in [1.29, 1.82) is 0 Å². The molecule has 1 N–H and O–H groups in total. The number of hydrogen-bond donors (Lipinski definition) is 1. The molecule has 1 aliphatic rings. The molecule has 1 fully saturated rings. The van der Waals surface area contributed by atoms with E-state index in [-0.39, 0.29) is 0 Å². The molecule has 0 aromatic carbocycles. The molecule has 2 unspecified atom stereocenters. The van der Waals surface area contributed by atoms with Gasteiger partial charge in [0, 0.05) is 12.6 Å². The molecular formula is C14H29NO. The summed E-state index contributed by atoms with van der Waals surface area (Å²) in [7, 11) is 0. The smallest absolute Gasteiger partial charge is 0.0733 e. The molecule has 0 saturated heterocycles. The molecule has 0 amide bonds. The molecule has 2 atom stereocenters. The van der Waals surface area contributed by atoms with Crippen LogP contribution in [0.3, 0.4) is 0 Å². The Morgan fingerprint density at radius 1 is 1.25 bits per heavy atom. The van der Waals surface area contributed by atoms with Gasteiger partial charge in [-0.2, -0.15) is 0 Å². The summed E-state index contributed by atoms with van der Waals surface area (Å²) in [5.41, 5.74) is 0.381. The lowest BCUT2D eigenvalue weighted by Gasteiger charge is -2.44. The van der Waals surface area contributed by atoms with Gasteiger partial charge in [-0.3, -0.25) is 0 Å². The van der Waals surface area contributed by atoms with Crippen molar-refractivity contribution in [2.45, 2.75) is 71.9 Å². The molecule has 0 radical (unpaired) electrons. The highest BCUT2D eigenvalue weighted by Gasteiger charge is 2.38. The van der Waals surface area contributed by atoms with Gasteiger partial charge in [-0.05, 0) is 37.6 Å². The molecule has 1 aliphatic carbocycles. The van der Waals surface area contributed by atoms with Crippen LogP contribution in [-0.4, -0.2) is 25.3 Å². The largest absolute Gasteiger partial charge is 0.377 e. The summed E-state index contributed by atoms with van der Waals surface area (Å²) < 4.78 is 6.01. The fourth-order valence-electron chi connectivity index (χ4n) is 2.74. The molecule has 1 saturated carbocycles. The van der Waals surface area contributed by atoms with Crippen LogP contribution in [0.15, 0.2) is 0 Å². The van der Waals surface area contributed by atoms with Gasteiger partial charge in [0.05, 0.1) is 6.10 Å². The maximum absolute atomic E-state index is 6.01. The molecule has 16 heavy (non-hydrogen) atoms. The normalized spacial score (nSPS) is 29.2. The van der Waals surface area contributed by atoms with E-state index in [0.29, 0.717) is 17.6 Å². The highest BCUT2D eigenvalue weighted by Crippen LogP contribution is 2.37. The lowest BCUT2D eigenvalue weighted by Crippen LogP contribution is -2.53. The highest BCUT2D eigenvalue weighted by atomic mass is 16.5. The van der Waals surface area contributed by atoms with E-state index in [2.05, 4.69) is 33.0 Å². The molecule has 0 aromatic heterocycles. The van der Waals surface area contributed by atoms with Gasteiger partial charge < -0.3 is 10.1 Å². The minimum absolute atomic E-state index is 0.381. The molecule has 2 nitrogen and oxygen atoms in total. The van der Waals surface area contributed by atoms with Crippen LogP contribution in [0.2, 0.25) is 0 Å². The first-order chi connectivity index (χ1) is 7.61. The SMILES string of the molecule is CCCNC1C(OCCC)CCCC1(C)C. The second kappa shape index (κ2) is 6.61. The lowest BCUT2D eigenvalue weighted by atomic mass is 9.71. The monoisotopic (exact) mass is 227 g/mol. The van der Waals surface area contributed by atoms with Crippen LogP contribution in [0.25, 0.3) is 0 Å². The molecule has 0 bridgehead atoms. The Morgan fingerprint density at radius 3 is 2.62 bits per heavy atom. The van der Waals surface area contributed by atoms with Crippen molar-refractivity contribution in [2.24, 2.45) is 5.41 Å². The summed E-state index contributed by atoms with van der Waals surface area (Å²) >= 11 is 0. The first-order valence-corrected chi connectivity index (χ1v) is 6.96. The third kappa shape index (κ3) is 3.74. The molecule has 96 valence electrons. The third-order valence-electron chi connectivity index (χ3n) is 3.67. The van der Waals surface area contributed by atoms with E-state index >= 15 is 0 Å². The van der Waals surface area contributed by atoms with Gasteiger partial charge in [-0.1, -0.05) is 34.1 Å². The van der Waals surface area contributed by atoms with Crippen LogP contribution in [0, 0.1) is 5.41 Å². The standard InChI is InChI=1S/C14H29NO/c1-5-10-15-13-12(16-11-6-2)8-7-9-14(13,3)4/h12-13,15H,5-11H2,1-4H3. The lowest BCUT2D eigenvalue weighted by molar-refractivity contribution is -0.0368. The Kier molecular flexibility index (Phi) is 5.77. The minimum Gasteiger partial charge on any atom is -0.377 e. The van der Waals surface area contributed by atoms with Crippen LogP contribution in [0.4, 0.5) is 0 Å². The summed E-state index contributed by atoms with van der Waals surface area (Å²) in [6.45, 7) is 11.2. The van der Waals surface area contributed by atoms with Gasteiger partial charge in [0.25, 0.3) is 0 Å². The highest BCUT2D eigenvalue weighted by molar-refractivity contribution is 4.94. The Hall–Kier alpha value is -0.0800. The van der Waals surface area contributed by atoms with E-state index in [1.807, 2.05) is 0 Å². The predicted molar refractivity (Wildman–Crippen MR) is 69.7 cm³/mol. The van der Waals surface area contributed by atoms with Crippen molar-refractivity contribution >= 4 is 0 Å². The third-order valence-corrected chi connectivity index (χ3v) is 3.67. The van der Waals surface area contributed by atoms with E-state index < -0.39 is 0 Å². The van der Waals surface area contributed by atoms with Crippen LogP contribution in [0.5, 0.6) is 0 Å². The fourth-order valence-corrected chi connectivity index (χ4v) is 2.74. The molecule has 0 aliphatic heterocycles. The van der Waals surface area contributed by atoms with Crippen molar-refractivity contribution < 1.29 is 4.74 Å². The summed E-state index contributed by atoms with van der Waals surface area (Å²) in [5.74, 6) is 0. The van der Waals surface area contributed by atoms with Crippen LogP contribution < -0.4 is 5.32 Å². The van der Waals surface area contributed by atoms with Crippen molar-refractivity contribution in [3.63, 3.8) is 0 Å². The zero-order valence-corrected chi connectivity index (χ0v) is 11.5. The summed E-state index contributed by atoms with van der Waals surface area (Å²) in [6.07, 6.45) is 6.61. The first-order valence-electron chi connectivity index (χ1n) is 6.96. The van der Waals surface area contributed by atoms with Crippen LogP contribution >= 0.6 is 0 Å². The Labute approximate surface area is 101 Å². The van der Waals surface area contributed by atoms with Gasteiger partial charge in [-0.25, -0.2) is 0 Å². The Balaban J connectivity index is 2.56. The zero-order chi connectivity index (χ0) is 12.0. The van der Waals surface area contributed by atoms with Crippen LogP contribution in [-0.2, 0) is 4.74 Å². The molecule has 2 heteroatoms. The Bertz CT molecular complexity index is 191. The number of ether oxygens (including phenoxy) is 1. The van der Waals surface area contributed by atoms with Crippen molar-refractivity contribution in [3.8, 4) is 0 Å². The molecule has 1 rings (SSSR count). The predicted octanol–water partition coefficient (Wildman–Crippen LogP) is 3.36. The fraction of sp³-hybridized carbons (Fsp3) is 1.00. The summed E-state index contributed by atoms with van der Waals surface area (Å²) in [5, 5.41) is 3.70. The van der Waals surface area contributed by atoms with Gasteiger partial charge in [0.15, 0.2) is 0 Å². The van der Waals surface area contributed by atoms with E-state index in [1.165, 1.54) is 25.7 Å². The molecule has 0 aromatic rings. The minimum atomic E-state index is 0.381. The molecule has 0 heterocycles. The van der Waals surface area contributed by atoms with Gasteiger partial charge in [-0.15, -0.1) is 0 Å². The first kappa shape index (κ1) is 14.0. The second-order valence-electron chi connectivity index (χ2n) is 5.72. The zero-order valence-electron chi connectivity index (χ0n) is 11.5. The van der Waals surface area contributed by atoms with E-state index in [4.69, 9.17) is 4.74 Å². The number of rotatable bonds is 6. The van der Waals surface area contributed by atoms with E-state index in [0.717, 1.165) is 19.6 Å². The van der Waals surface area contributed by atoms with Gasteiger partial charge in [0.2, 0.25) is 0 Å². The summed E-state index contributed by atoms with van der Waals surface area (Å²) in [4.78, 5) is 0.